The first-order valence-electron chi connectivity index (χ1n) is 6.43. The van der Waals surface area contributed by atoms with E-state index in [0.29, 0.717) is 12.2 Å². The van der Waals surface area contributed by atoms with Crippen molar-refractivity contribution in [3.8, 4) is 0 Å². The third kappa shape index (κ3) is 3.33. The van der Waals surface area contributed by atoms with Gasteiger partial charge >= 0.3 is 5.97 Å². The number of nitrogens with zero attached hydrogens (tertiary/aromatic N) is 1. The zero-order valence-corrected chi connectivity index (χ0v) is 13.3. The minimum atomic E-state index is -1.07. The monoisotopic (exact) mass is 350 g/mol. The molecule has 1 aromatic heterocycles. The van der Waals surface area contributed by atoms with Crippen LogP contribution in [0.25, 0.3) is 0 Å². The van der Waals surface area contributed by atoms with Gasteiger partial charge in [0, 0.05) is 17.2 Å². The third-order valence-corrected chi connectivity index (χ3v) is 3.52. The number of anilines is 1. The number of aromatic nitrogens is 1. The number of rotatable bonds is 4. The van der Waals surface area contributed by atoms with Crippen LogP contribution in [0.1, 0.15) is 33.3 Å². The van der Waals surface area contributed by atoms with Crippen LogP contribution in [0.15, 0.2) is 34.9 Å². The van der Waals surface area contributed by atoms with Crippen molar-refractivity contribution in [2.24, 2.45) is 0 Å². The molecule has 0 fully saturated rings. The summed E-state index contributed by atoms with van der Waals surface area (Å²) >= 11 is 3.33. The highest BCUT2D eigenvalue weighted by Gasteiger charge is 2.16. The second-order valence-corrected chi connectivity index (χ2v) is 5.55. The van der Waals surface area contributed by atoms with Crippen LogP contribution in [0.2, 0.25) is 0 Å². The largest absolute Gasteiger partial charge is 0.478 e. The third-order valence-electron chi connectivity index (χ3n) is 3.09. The number of carboxylic acid groups (broad SMARTS) is 1. The molecule has 1 amide bonds. The molecule has 0 saturated heterocycles. The number of benzene rings is 1. The van der Waals surface area contributed by atoms with Crippen molar-refractivity contribution in [3.05, 3.63) is 51.8 Å². The summed E-state index contributed by atoms with van der Waals surface area (Å²) < 4.78 is 2.59. The summed E-state index contributed by atoms with van der Waals surface area (Å²) in [5.41, 5.74) is 1.67. The molecule has 5 nitrogen and oxygen atoms in total. The van der Waals surface area contributed by atoms with E-state index in [1.807, 2.05) is 13.1 Å². The molecule has 0 radical (unpaired) electrons. The summed E-state index contributed by atoms with van der Waals surface area (Å²) in [4.78, 5) is 23.6. The minimum absolute atomic E-state index is 0.0806. The van der Waals surface area contributed by atoms with Gasteiger partial charge in [0.15, 0.2) is 0 Å². The zero-order chi connectivity index (χ0) is 15.6. The van der Waals surface area contributed by atoms with Crippen LogP contribution in [-0.4, -0.2) is 21.6 Å². The standard InChI is InChI=1S/C15H15BrN2O3/c1-3-18-8-10(16)7-13(18)14(19)17-12-5-4-9(2)6-11(12)15(20)21/h4-8H,3H2,1-2H3,(H,17,19)(H,20,21). The SMILES string of the molecule is CCn1cc(Br)cc1C(=O)Nc1ccc(C)cc1C(=O)O. The second kappa shape index (κ2) is 6.13. The maximum atomic E-state index is 12.3. The first-order valence-corrected chi connectivity index (χ1v) is 7.22. The van der Waals surface area contributed by atoms with Crippen LogP contribution in [0.5, 0.6) is 0 Å². The van der Waals surface area contributed by atoms with E-state index >= 15 is 0 Å². The number of carbonyl (C=O) groups excluding carboxylic acids is 1. The Hall–Kier alpha value is -2.08. The quantitative estimate of drug-likeness (QED) is 0.885. The van der Waals surface area contributed by atoms with Gasteiger partial charge in [-0.3, -0.25) is 4.79 Å². The number of nitrogens with one attached hydrogen (secondary N) is 1. The van der Waals surface area contributed by atoms with Gasteiger partial charge in [0.1, 0.15) is 5.69 Å². The Kier molecular flexibility index (Phi) is 4.47. The predicted octanol–water partition coefficient (Wildman–Crippen LogP) is 3.53. The number of halogens is 1. The van der Waals surface area contributed by atoms with Gasteiger partial charge in [-0.2, -0.15) is 0 Å². The molecule has 0 atom stereocenters. The number of aryl methyl sites for hydroxylation is 2. The van der Waals surface area contributed by atoms with E-state index in [2.05, 4.69) is 21.2 Å². The van der Waals surface area contributed by atoms with Gasteiger partial charge in [-0.1, -0.05) is 11.6 Å². The Morgan fingerprint density at radius 2 is 2.05 bits per heavy atom. The molecule has 0 saturated carbocycles. The Labute approximate surface area is 130 Å². The van der Waals surface area contributed by atoms with Gasteiger partial charge in [0.2, 0.25) is 0 Å². The molecule has 2 aromatic rings. The number of aromatic carboxylic acids is 1. The van der Waals surface area contributed by atoms with Crippen molar-refractivity contribution in [2.75, 3.05) is 5.32 Å². The first kappa shape index (κ1) is 15.3. The molecule has 0 aliphatic rings. The Morgan fingerprint density at radius 1 is 1.33 bits per heavy atom. The molecule has 2 rings (SSSR count). The van der Waals surface area contributed by atoms with Gasteiger partial charge in [-0.05, 0) is 48.0 Å². The molecule has 1 aromatic carbocycles. The van der Waals surface area contributed by atoms with E-state index in [1.54, 1.807) is 29.7 Å². The Balaban J connectivity index is 2.33. The number of hydrogen-bond donors (Lipinski definition) is 2. The van der Waals surface area contributed by atoms with Gasteiger partial charge in [-0.15, -0.1) is 0 Å². The molecule has 110 valence electrons. The summed E-state index contributed by atoms with van der Waals surface area (Å²) in [5.74, 6) is -1.41. The average molecular weight is 351 g/mol. The lowest BCUT2D eigenvalue weighted by Crippen LogP contribution is -2.18. The lowest BCUT2D eigenvalue weighted by molar-refractivity contribution is 0.0698. The predicted molar refractivity (Wildman–Crippen MR) is 83.9 cm³/mol. The topological polar surface area (TPSA) is 71.3 Å². The number of carboxylic acids is 1. The molecule has 2 N–H and O–H groups in total. The fourth-order valence-corrected chi connectivity index (χ4v) is 2.52. The van der Waals surface area contributed by atoms with Crippen LogP contribution >= 0.6 is 15.9 Å². The lowest BCUT2D eigenvalue weighted by atomic mass is 10.1. The van der Waals surface area contributed by atoms with Crippen LogP contribution < -0.4 is 5.32 Å². The summed E-state index contributed by atoms with van der Waals surface area (Å²) in [6, 6.07) is 6.60. The van der Waals surface area contributed by atoms with Gasteiger partial charge in [0.25, 0.3) is 5.91 Å². The molecule has 0 aliphatic heterocycles. The number of hydrogen-bond acceptors (Lipinski definition) is 2. The Bertz CT molecular complexity index is 707. The fraction of sp³-hybridized carbons (Fsp3) is 0.200. The van der Waals surface area contributed by atoms with E-state index in [4.69, 9.17) is 0 Å². The van der Waals surface area contributed by atoms with E-state index in [-0.39, 0.29) is 17.2 Å². The highest BCUT2D eigenvalue weighted by molar-refractivity contribution is 9.10. The second-order valence-electron chi connectivity index (χ2n) is 4.64. The number of carbonyl (C=O) groups is 2. The summed E-state index contributed by atoms with van der Waals surface area (Å²) in [6.45, 7) is 4.38. The first-order chi connectivity index (χ1) is 9.92. The maximum Gasteiger partial charge on any atom is 0.337 e. The summed E-state index contributed by atoms with van der Waals surface area (Å²) in [6.07, 6.45) is 1.81. The summed E-state index contributed by atoms with van der Waals surface area (Å²) in [5, 5.41) is 11.9. The van der Waals surface area contributed by atoms with Gasteiger partial charge in [0.05, 0.1) is 11.3 Å². The highest BCUT2D eigenvalue weighted by atomic mass is 79.9. The average Bonchev–Trinajstić information content (AvgIpc) is 2.81. The molecule has 21 heavy (non-hydrogen) atoms. The van der Waals surface area contributed by atoms with Crippen LogP contribution in [0.3, 0.4) is 0 Å². The van der Waals surface area contributed by atoms with Crippen molar-refractivity contribution < 1.29 is 14.7 Å². The lowest BCUT2D eigenvalue weighted by Gasteiger charge is -2.10. The molecule has 0 spiro atoms. The van der Waals surface area contributed by atoms with Crippen LogP contribution in [0, 0.1) is 6.92 Å². The van der Waals surface area contributed by atoms with Crippen molar-refractivity contribution in [2.45, 2.75) is 20.4 Å². The van der Waals surface area contributed by atoms with E-state index < -0.39 is 5.97 Å². The van der Waals surface area contributed by atoms with Crippen LogP contribution in [0.4, 0.5) is 5.69 Å². The van der Waals surface area contributed by atoms with E-state index in [1.165, 1.54) is 6.07 Å². The molecular weight excluding hydrogens is 336 g/mol. The maximum absolute atomic E-state index is 12.3. The molecular formula is C15H15BrN2O3. The van der Waals surface area contributed by atoms with Crippen molar-refractivity contribution in [3.63, 3.8) is 0 Å². The van der Waals surface area contributed by atoms with Crippen molar-refractivity contribution in [1.29, 1.82) is 0 Å². The van der Waals surface area contributed by atoms with Crippen LogP contribution in [-0.2, 0) is 6.54 Å². The van der Waals surface area contributed by atoms with E-state index in [9.17, 15) is 14.7 Å². The van der Waals surface area contributed by atoms with Crippen molar-refractivity contribution >= 4 is 33.5 Å². The summed E-state index contributed by atoms with van der Waals surface area (Å²) in [7, 11) is 0. The normalized spacial score (nSPS) is 10.4. The number of amides is 1. The molecule has 6 heteroatoms. The molecule has 0 aliphatic carbocycles. The Morgan fingerprint density at radius 3 is 2.67 bits per heavy atom. The van der Waals surface area contributed by atoms with Crippen molar-refractivity contribution in [1.82, 2.24) is 4.57 Å². The zero-order valence-electron chi connectivity index (χ0n) is 11.7. The molecule has 1 heterocycles. The minimum Gasteiger partial charge on any atom is -0.478 e. The van der Waals surface area contributed by atoms with Gasteiger partial charge < -0.3 is 15.0 Å². The fourth-order valence-electron chi connectivity index (χ4n) is 2.06. The molecule has 0 unspecified atom stereocenters. The smallest absolute Gasteiger partial charge is 0.337 e. The molecule has 0 bridgehead atoms. The highest BCUT2D eigenvalue weighted by Crippen LogP contribution is 2.20. The van der Waals surface area contributed by atoms with Gasteiger partial charge in [-0.25, -0.2) is 4.79 Å². The van der Waals surface area contributed by atoms with E-state index in [0.717, 1.165) is 10.0 Å².